The second-order valence-electron chi connectivity index (χ2n) is 4.22. The van der Waals surface area contributed by atoms with Crippen LogP contribution in [0.25, 0.3) is 0 Å². The van der Waals surface area contributed by atoms with Gasteiger partial charge in [-0.2, -0.15) is 0 Å². The van der Waals surface area contributed by atoms with E-state index in [-0.39, 0.29) is 11.8 Å². The van der Waals surface area contributed by atoms with Gasteiger partial charge in [-0.25, -0.2) is 0 Å². The van der Waals surface area contributed by atoms with Crippen LogP contribution in [0.15, 0.2) is 0 Å². The Hall–Kier alpha value is -0.350. The van der Waals surface area contributed by atoms with Crippen LogP contribution >= 0.6 is 12.2 Å². The molecule has 1 N–H and O–H groups in total. The van der Waals surface area contributed by atoms with E-state index in [2.05, 4.69) is 31.0 Å². The highest BCUT2D eigenvalue weighted by atomic mass is 32.1. The molecule has 0 bridgehead atoms. The van der Waals surface area contributed by atoms with Gasteiger partial charge < -0.3 is 15.0 Å². The Morgan fingerprint density at radius 1 is 1.57 bits per heavy atom. The van der Waals surface area contributed by atoms with Crippen LogP contribution in [-0.2, 0) is 4.74 Å². The van der Waals surface area contributed by atoms with Crippen molar-refractivity contribution in [1.29, 1.82) is 0 Å². The first kappa shape index (κ1) is 11.7. The van der Waals surface area contributed by atoms with Crippen molar-refractivity contribution in [2.24, 2.45) is 0 Å². The summed E-state index contributed by atoms with van der Waals surface area (Å²) in [5.41, 5.74) is -0.0407. The number of hydrogen-bond donors (Lipinski definition) is 1. The van der Waals surface area contributed by atoms with Crippen molar-refractivity contribution >= 4 is 17.3 Å². The van der Waals surface area contributed by atoms with E-state index in [4.69, 9.17) is 17.0 Å². The summed E-state index contributed by atoms with van der Waals surface area (Å²) in [7, 11) is 1.71. The lowest BCUT2D eigenvalue weighted by atomic mass is 10.0. The number of ether oxygens (including phenoxy) is 1. The van der Waals surface area contributed by atoms with Gasteiger partial charge in [-0.15, -0.1) is 0 Å². The molecule has 1 aliphatic rings. The molecule has 1 fully saturated rings. The summed E-state index contributed by atoms with van der Waals surface area (Å²) in [5.74, 6) is 0. The van der Waals surface area contributed by atoms with Crippen LogP contribution in [0, 0.1) is 0 Å². The van der Waals surface area contributed by atoms with E-state index in [1.165, 1.54) is 12.8 Å². The predicted octanol–water partition coefficient (Wildman–Crippen LogP) is 1.73. The molecule has 1 saturated heterocycles. The number of rotatable bonds is 4. The van der Waals surface area contributed by atoms with Crippen molar-refractivity contribution in [1.82, 2.24) is 10.2 Å². The Kier molecular flexibility index (Phi) is 3.72. The van der Waals surface area contributed by atoms with E-state index in [0.29, 0.717) is 0 Å². The molecule has 4 heteroatoms. The molecule has 0 aliphatic carbocycles. The average Bonchev–Trinajstić information content (AvgIpc) is 2.34. The molecular formula is C10H20N2OS. The first-order valence-electron chi connectivity index (χ1n) is 5.15. The zero-order valence-electron chi connectivity index (χ0n) is 9.46. The molecular weight excluding hydrogens is 196 g/mol. The Morgan fingerprint density at radius 3 is 2.64 bits per heavy atom. The van der Waals surface area contributed by atoms with Crippen LogP contribution in [0.4, 0.5) is 0 Å². The molecule has 0 aromatic carbocycles. The van der Waals surface area contributed by atoms with Gasteiger partial charge in [-0.05, 0) is 32.5 Å². The maximum absolute atomic E-state index is 5.37. The van der Waals surface area contributed by atoms with Crippen LogP contribution in [0.3, 0.4) is 0 Å². The Labute approximate surface area is 91.8 Å². The van der Waals surface area contributed by atoms with Crippen LogP contribution in [0.5, 0.6) is 0 Å². The zero-order chi connectivity index (χ0) is 10.8. The van der Waals surface area contributed by atoms with E-state index in [1.807, 2.05) is 0 Å². The summed E-state index contributed by atoms with van der Waals surface area (Å²) in [6.45, 7) is 7.51. The normalized spacial score (nSPS) is 25.3. The van der Waals surface area contributed by atoms with Gasteiger partial charge in [-0.1, -0.05) is 13.3 Å². The fourth-order valence-corrected chi connectivity index (χ4v) is 2.26. The molecule has 14 heavy (non-hydrogen) atoms. The van der Waals surface area contributed by atoms with Crippen LogP contribution in [0.1, 0.15) is 33.6 Å². The lowest BCUT2D eigenvalue weighted by Gasteiger charge is -2.34. The molecule has 0 aromatic heterocycles. The zero-order valence-corrected chi connectivity index (χ0v) is 10.3. The first-order valence-corrected chi connectivity index (χ1v) is 5.55. The largest absolute Gasteiger partial charge is 0.359 e. The number of nitrogens with one attached hydrogen (secondary N) is 1. The van der Waals surface area contributed by atoms with E-state index in [1.54, 1.807) is 7.11 Å². The minimum atomic E-state index is -0.0407. The minimum Gasteiger partial charge on any atom is -0.359 e. The smallest absolute Gasteiger partial charge is 0.171 e. The summed E-state index contributed by atoms with van der Waals surface area (Å²) < 4.78 is 5.37. The summed E-state index contributed by atoms with van der Waals surface area (Å²) in [5, 5.41) is 4.00. The molecule has 82 valence electrons. The predicted molar refractivity (Wildman–Crippen MR) is 62.2 cm³/mol. The van der Waals surface area contributed by atoms with Gasteiger partial charge in [0.05, 0.1) is 5.54 Å². The van der Waals surface area contributed by atoms with Crippen LogP contribution < -0.4 is 5.32 Å². The summed E-state index contributed by atoms with van der Waals surface area (Å²) in [6, 6.07) is 0. The molecule has 1 heterocycles. The van der Waals surface area contributed by atoms with Gasteiger partial charge in [0.15, 0.2) is 11.3 Å². The van der Waals surface area contributed by atoms with Crippen molar-refractivity contribution < 1.29 is 4.74 Å². The molecule has 3 nitrogen and oxygen atoms in total. The summed E-state index contributed by atoms with van der Waals surface area (Å²) >= 11 is 5.28. The molecule has 1 rings (SSSR count). The van der Waals surface area contributed by atoms with E-state index in [9.17, 15) is 0 Å². The van der Waals surface area contributed by atoms with E-state index < -0.39 is 0 Å². The SMILES string of the molecule is CCCCN1C(=S)N[C@@H](OC)C1(C)C. The van der Waals surface area contributed by atoms with Gasteiger partial charge in [0.25, 0.3) is 0 Å². The first-order chi connectivity index (χ1) is 6.54. The molecule has 0 spiro atoms. The molecule has 0 radical (unpaired) electrons. The van der Waals surface area contributed by atoms with E-state index in [0.717, 1.165) is 11.7 Å². The highest BCUT2D eigenvalue weighted by molar-refractivity contribution is 7.80. The fourth-order valence-electron chi connectivity index (χ4n) is 1.82. The van der Waals surface area contributed by atoms with Gasteiger partial charge in [-0.3, -0.25) is 0 Å². The monoisotopic (exact) mass is 216 g/mol. The number of nitrogens with zero attached hydrogens (tertiary/aromatic N) is 1. The van der Waals surface area contributed by atoms with E-state index >= 15 is 0 Å². The number of hydrogen-bond acceptors (Lipinski definition) is 2. The quantitative estimate of drug-likeness (QED) is 0.723. The lowest BCUT2D eigenvalue weighted by molar-refractivity contribution is 0.0128. The molecule has 1 atom stereocenters. The topological polar surface area (TPSA) is 24.5 Å². The van der Waals surface area contributed by atoms with Crippen molar-refractivity contribution in [3.8, 4) is 0 Å². The molecule has 0 saturated carbocycles. The highest BCUT2D eigenvalue weighted by Gasteiger charge is 2.43. The second-order valence-corrected chi connectivity index (χ2v) is 4.61. The fraction of sp³-hybridized carbons (Fsp3) is 0.900. The Morgan fingerprint density at radius 2 is 2.21 bits per heavy atom. The standard InChI is InChI=1S/C10H20N2OS/c1-5-6-7-12-9(14)11-8(13-4)10(12,2)3/h8H,5-7H2,1-4H3,(H,11,14)/t8-/m0/s1. The van der Waals surface area contributed by atoms with Gasteiger partial charge in [0, 0.05) is 13.7 Å². The number of thiocarbonyl (C=S) groups is 1. The van der Waals surface area contributed by atoms with Gasteiger partial charge in [0.2, 0.25) is 0 Å². The third-order valence-electron chi connectivity index (χ3n) is 2.81. The third kappa shape index (κ3) is 2.01. The maximum atomic E-state index is 5.37. The Bertz CT molecular complexity index is 218. The second kappa shape index (κ2) is 4.45. The lowest BCUT2D eigenvalue weighted by Crippen LogP contribution is -2.47. The van der Waals surface area contributed by atoms with Crippen LogP contribution in [0.2, 0.25) is 0 Å². The molecule has 1 aliphatic heterocycles. The molecule has 0 amide bonds. The summed E-state index contributed by atoms with van der Waals surface area (Å²) in [4.78, 5) is 2.22. The highest BCUT2D eigenvalue weighted by Crippen LogP contribution is 2.26. The van der Waals surface area contributed by atoms with Gasteiger partial charge >= 0.3 is 0 Å². The summed E-state index contributed by atoms with van der Waals surface area (Å²) in [6.07, 6.45) is 2.36. The van der Waals surface area contributed by atoms with Crippen molar-refractivity contribution in [3.05, 3.63) is 0 Å². The molecule has 0 aromatic rings. The van der Waals surface area contributed by atoms with Crippen LogP contribution in [-0.4, -0.2) is 35.4 Å². The third-order valence-corrected chi connectivity index (χ3v) is 3.15. The van der Waals surface area contributed by atoms with Crippen molar-refractivity contribution in [3.63, 3.8) is 0 Å². The van der Waals surface area contributed by atoms with Crippen molar-refractivity contribution in [2.75, 3.05) is 13.7 Å². The average molecular weight is 216 g/mol. The Balaban J connectivity index is 2.68. The van der Waals surface area contributed by atoms with Gasteiger partial charge in [0.1, 0.15) is 0 Å². The number of methoxy groups -OCH3 is 1. The van der Waals surface area contributed by atoms with Crippen molar-refractivity contribution in [2.45, 2.75) is 45.4 Å². The number of unbranched alkanes of at least 4 members (excludes halogenated alkanes) is 1. The molecule has 0 unspecified atom stereocenters. The minimum absolute atomic E-state index is 0.00635. The maximum Gasteiger partial charge on any atom is 0.171 e.